The molecule has 0 aromatic heterocycles. The number of halogens is 8. The molecule has 2 nitrogen and oxygen atoms in total. The lowest BCUT2D eigenvalue weighted by atomic mass is 9.77. The average molecular weight is 288 g/mol. The molecule has 1 saturated heterocycles. The molecule has 1 heterocycles. The molecule has 18 heavy (non-hydrogen) atoms. The number of alkyl halides is 8. The predicted molar refractivity (Wildman–Crippen MR) is 40.7 cm³/mol. The van der Waals surface area contributed by atoms with Crippen molar-refractivity contribution < 1.29 is 45.0 Å². The maximum Gasteiger partial charge on any atom is 0.449 e. The fourth-order valence-electron chi connectivity index (χ4n) is 1.78. The first-order valence-electron chi connectivity index (χ1n) is 4.64. The first-order chi connectivity index (χ1) is 7.77. The molecule has 2 atom stereocenters. The minimum atomic E-state index is -6.04. The van der Waals surface area contributed by atoms with Crippen molar-refractivity contribution in [3.05, 3.63) is 0 Å². The fraction of sp³-hybridized carbons (Fsp3) is 1.00. The van der Waals surface area contributed by atoms with E-state index in [2.05, 4.69) is 4.74 Å². The first-order valence-corrected chi connectivity index (χ1v) is 4.64. The van der Waals surface area contributed by atoms with Crippen molar-refractivity contribution in [1.82, 2.24) is 0 Å². The molecule has 0 amide bonds. The van der Waals surface area contributed by atoms with Crippen molar-refractivity contribution in [1.29, 1.82) is 0 Å². The molecule has 0 aromatic rings. The van der Waals surface area contributed by atoms with Crippen molar-refractivity contribution in [3.8, 4) is 0 Å². The van der Waals surface area contributed by atoms with E-state index < -0.39 is 42.5 Å². The topological polar surface area (TPSA) is 29.5 Å². The zero-order chi connectivity index (χ0) is 14.6. The molecule has 10 heteroatoms. The molecule has 2 unspecified atom stereocenters. The van der Waals surface area contributed by atoms with Crippen LogP contribution < -0.4 is 0 Å². The second-order valence-corrected chi connectivity index (χ2v) is 3.94. The lowest BCUT2D eigenvalue weighted by Gasteiger charge is -2.38. The predicted octanol–water partition coefficient (Wildman–Crippen LogP) is 2.86. The molecule has 0 bridgehead atoms. The zero-order valence-corrected chi connectivity index (χ0v) is 8.79. The number of hydrogen-bond acceptors (Lipinski definition) is 2. The second-order valence-electron chi connectivity index (χ2n) is 3.94. The molecule has 0 radical (unpaired) electrons. The maximum atomic E-state index is 13.5. The van der Waals surface area contributed by atoms with E-state index in [9.17, 15) is 35.1 Å². The molecule has 1 rings (SSSR count). The Morgan fingerprint density at radius 2 is 1.50 bits per heavy atom. The van der Waals surface area contributed by atoms with E-state index in [4.69, 9.17) is 5.11 Å². The van der Waals surface area contributed by atoms with Crippen molar-refractivity contribution in [2.75, 3.05) is 6.61 Å². The molecule has 1 aliphatic heterocycles. The van der Waals surface area contributed by atoms with E-state index in [1.807, 2.05) is 0 Å². The van der Waals surface area contributed by atoms with E-state index in [-0.39, 0.29) is 0 Å². The Balaban J connectivity index is 3.41. The van der Waals surface area contributed by atoms with Crippen molar-refractivity contribution >= 4 is 0 Å². The van der Waals surface area contributed by atoms with Gasteiger partial charge in [0.1, 0.15) is 0 Å². The van der Waals surface area contributed by atoms with Crippen molar-refractivity contribution in [2.24, 2.45) is 5.41 Å². The third-order valence-corrected chi connectivity index (χ3v) is 3.08. The molecule has 108 valence electrons. The van der Waals surface area contributed by atoms with Crippen LogP contribution in [0.5, 0.6) is 0 Å². The molecule has 0 spiro atoms. The van der Waals surface area contributed by atoms with Crippen LogP contribution in [0.2, 0.25) is 0 Å². The highest BCUT2D eigenvalue weighted by Crippen LogP contribution is 2.63. The summed E-state index contributed by atoms with van der Waals surface area (Å²) >= 11 is 0. The average Bonchev–Trinajstić information content (AvgIpc) is 2.35. The van der Waals surface area contributed by atoms with Crippen LogP contribution in [0.1, 0.15) is 13.3 Å². The van der Waals surface area contributed by atoms with Gasteiger partial charge in [-0.15, -0.1) is 0 Å². The van der Waals surface area contributed by atoms with Gasteiger partial charge >= 0.3 is 24.1 Å². The Morgan fingerprint density at radius 3 is 1.67 bits per heavy atom. The molecule has 1 fully saturated rings. The Hall–Kier alpha value is -0.640. The fourth-order valence-corrected chi connectivity index (χ4v) is 1.78. The molecule has 0 aromatic carbocycles. The standard InChI is InChI=1S/C8H8F8O2/c1-2-4(7(11,12)13)3-18-6(17,5(4,9)10)8(14,15)16/h17H,2-3H2,1H3. The minimum Gasteiger partial charge on any atom is -0.354 e. The monoisotopic (exact) mass is 288 g/mol. The molecule has 1 aliphatic rings. The Labute approximate surface area is 95.5 Å². The van der Waals surface area contributed by atoms with Gasteiger partial charge in [-0.3, -0.25) is 0 Å². The van der Waals surface area contributed by atoms with E-state index >= 15 is 0 Å². The number of aliphatic hydroxyl groups is 1. The van der Waals surface area contributed by atoms with Gasteiger partial charge in [0.05, 0.1) is 6.61 Å². The molecular weight excluding hydrogens is 280 g/mol. The van der Waals surface area contributed by atoms with Crippen LogP contribution in [-0.2, 0) is 4.74 Å². The lowest BCUT2D eigenvalue weighted by molar-refractivity contribution is -0.417. The van der Waals surface area contributed by atoms with Gasteiger partial charge in [0.2, 0.25) is 0 Å². The molecular formula is C8H8F8O2. The number of ether oxygens (including phenoxy) is 1. The minimum absolute atomic E-state index is 0.646. The Bertz CT molecular complexity index is 335. The summed E-state index contributed by atoms with van der Waals surface area (Å²) in [6, 6.07) is 0. The van der Waals surface area contributed by atoms with Gasteiger partial charge in [-0.25, -0.2) is 0 Å². The molecule has 1 N–H and O–H groups in total. The normalized spacial score (nSPS) is 37.0. The van der Waals surface area contributed by atoms with E-state index in [1.165, 1.54) is 0 Å². The quantitative estimate of drug-likeness (QED) is 0.752. The molecule has 0 aliphatic carbocycles. The third kappa shape index (κ3) is 1.54. The maximum absolute atomic E-state index is 13.5. The van der Waals surface area contributed by atoms with Gasteiger partial charge in [-0.1, -0.05) is 6.92 Å². The van der Waals surface area contributed by atoms with Crippen LogP contribution in [0.4, 0.5) is 35.1 Å². The van der Waals surface area contributed by atoms with Crippen LogP contribution in [0.15, 0.2) is 0 Å². The zero-order valence-electron chi connectivity index (χ0n) is 8.79. The summed E-state index contributed by atoms with van der Waals surface area (Å²) in [5.74, 6) is -10.7. The number of rotatable bonds is 1. The van der Waals surface area contributed by atoms with Crippen molar-refractivity contribution in [2.45, 2.75) is 37.4 Å². The summed E-state index contributed by atoms with van der Waals surface area (Å²) in [4.78, 5) is 0. The van der Waals surface area contributed by atoms with Crippen molar-refractivity contribution in [3.63, 3.8) is 0 Å². The Morgan fingerprint density at radius 1 is 1.06 bits per heavy atom. The number of hydrogen-bond donors (Lipinski definition) is 1. The second kappa shape index (κ2) is 3.69. The third-order valence-electron chi connectivity index (χ3n) is 3.08. The molecule has 0 saturated carbocycles. The summed E-state index contributed by atoms with van der Waals surface area (Å²) in [7, 11) is 0. The van der Waals surface area contributed by atoms with Crippen LogP contribution in [0.25, 0.3) is 0 Å². The highest BCUT2D eigenvalue weighted by molar-refractivity contribution is 5.11. The summed E-state index contributed by atoms with van der Waals surface area (Å²) in [5.41, 5.74) is -4.07. The van der Waals surface area contributed by atoms with Crippen LogP contribution in [0, 0.1) is 5.41 Å². The summed E-state index contributed by atoms with van der Waals surface area (Å²) in [6.45, 7) is -1.32. The summed E-state index contributed by atoms with van der Waals surface area (Å²) in [5, 5.41) is 8.79. The van der Waals surface area contributed by atoms with Gasteiger partial charge in [-0.2, -0.15) is 35.1 Å². The highest BCUT2D eigenvalue weighted by Gasteiger charge is 2.87. The largest absolute Gasteiger partial charge is 0.449 e. The van der Waals surface area contributed by atoms with Crippen LogP contribution in [0.3, 0.4) is 0 Å². The van der Waals surface area contributed by atoms with E-state index in [0.29, 0.717) is 6.92 Å². The van der Waals surface area contributed by atoms with E-state index in [0.717, 1.165) is 0 Å². The van der Waals surface area contributed by atoms with Crippen LogP contribution in [-0.4, -0.2) is 35.8 Å². The Kier molecular flexibility index (Phi) is 3.16. The summed E-state index contributed by atoms with van der Waals surface area (Å²) < 4.78 is 105. The van der Waals surface area contributed by atoms with Gasteiger partial charge < -0.3 is 9.84 Å². The van der Waals surface area contributed by atoms with Gasteiger partial charge in [0, 0.05) is 0 Å². The van der Waals surface area contributed by atoms with Gasteiger partial charge in [0.25, 0.3) is 0 Å². The van der Waals surface area contributed by atoms with Gasteiger partial charge in [-0.05, 0) is 6.42 Å². The van der Waals surface area contributed by atoms with Gasteiger partial charge in [0.15, 0.2) is 5.41 Å². The first kappa shape index (κ1) is 15.4. The smallest absolute Gasteiger partial charge is 0.354 e. The SMILES string of the molecule is CCC1(C(F)(F)F)COC(O)(C(F)(F)F)C1(F)F. The lowest BCUT2D eigenvalue weighted by Crippen LogP contribution is -2.63. The van der Waals surface area contributed by atoms with Crippen LogP contribution >= 0.6 is 0 Å². The summed E-state index contributed by atoms with van der Waals surface area (Å²) in [6.07, 6.45) is -13.1. The van der Waals surface area contributed by atoms with E-state index in [1.54, 1.807) is 0 Å². The highest BCUT2D eigenvalue weighted by atomic mass is 19.4.